The average Bonchev–Trinajstić information content (AvgIpc) is 3.34. The van der Waals surface area contributed by atoms with Gasteiger partial charge in [-0.15, -0.1) is 5.10 Å². The number of carbonyl (C=O) groups is 2. The van der Waals surface area contributed by atoms with Crippen molar-refractivity contribution in [1.29, 1.82) is 0 Å². The van der Waals surface area contributed by atoms with Crippen molar-refractivity contribution in [3.8, 4) is 5.69 Å². The molecule has 3 aromatic rings. The van der Waals surface area contributed by atoms with E-state index in [1.54, 1.807) is 25.1 Å². The number of para-hydroxylation sites is 1. The summed E-state index contributed by atoms with van der Waals surface area (Å²) in [7, 11) is 0. The normalized spacial score (nSPS) is 16.0. The Hall–Kier alpha value is -3.55. The molecule has 2 aromatic carbocycles. The minimum absolute atomic E-state index is 0.0501. The largest absolute Gasteiger partial charge is 0.350 e. The number of hydrogen-bond acceptors (Lipinski definition) is 4. The lowest BCUT2D eigenvalue weighted by atomic mass is 10.1. The second kappa shape index (κ2) is 9.07. The first-order valence-corrected chi connectivity index (χ1v) is 10.3. The summed E-state index contributed by atoms with van der Waals surface area (Å²) >= 11 is 0. The molecule has 31 heavy (non-hydrogen) atoms. The van der Waals surface area contributed by atoms with E-state index in [4.69, 9.17) is 0 Å². The molecular weight excluding hydrogens is 397 g/mol. The Morgan fingerprint density at radius 3 is 2.68 bits per heavy atom. The van der Waals surface area contributed by atoms with Gasteiger partial charge in [0.05, 0.1) is 5.69 Å². The van der Waals surface area contributed by atoms with Gasteiger partial charge in [-0.1, -0.05) is 47.7 Å². The zero-order valence-electron chi connectivity index (χ0n) is 17.3. The predicted octanol–water partition coefficient (Wildman–Crippen LogP) is 2.54. The average molecular weight is 421 g/mol. The van der Waals surface area contributed by atoms with Gasteiger partial charge in [-0.05, 0) is 31.0 Å². The zero-order valence-corrected chi connectivity index (χ0v) is 17.3. The number of hydrogen-bond donors (Lipinski definition) is 1. The molecule has 0 spiro atoms. The number of aromatic nitrogens is 3. The molecule has 0 bridgehead atoms. The van der Waals surface area contributed by atoms with Crippen molar-refractivity contribution in [2.24, 2.45) is 5.92 Å². The summed E-state index contributed by atoms with van der Waals surface area (Å²) in [5, 5.41) is 10.7. The van der Waals surface area contributed by atoms with E-state index in [0.29, 0.717) is 31.7 Å². The maximum absolute atomic E-state index is 14.0. The summed E-state index contributed by atoms with van der Waals surface area (Å²) in [4.78, 5) is 26.8. The fraction of sp³-hybridized carbons (Fsp3) is 0.304. The van der Waals surface area contributed by atoms with Gasteiger partial charge in [0.15, 0.2) is 5.69 Å². The summed E-state index contributed by atoms with van der Waals surface area (Å²) in [6.07, 6.45) is 1.22. The summed E-state index contributed by atoms with van der Waals surface area (Å²) in [5.41, 5.74) is 2.03. The number of carbonyl (C=O) groups excluding carboxylic acids is 2. The monoisotopic (exact) mass is 421 g/mol. The summed E-state index contributed by atoms with van der Waals surface area (Å²) < 4.78 is 15.4. The van der Waals surface area contributed by atoms with E-state index in [0.717, 1.165) is 6.42 Å². The number of likely N-dealkylation sites (tertiary alicyclic amines) is 1. The van der Waals surface area contributed by atoms with E-state index in [1.807, 2.05) is 23.1 Å². The first kappa shape index (κ1) is 20.7. The molecule has 0 saturated carbocycles. The van der Waals surface area contributed by atoms with Gasteiger partial charge in [0.25, 0.3) is 5.91 Å². The predicted molar refractivity (Wildman–Crippen MR) is 113 cm³/mol. The Morgan fingerprint density at radius 1 is 1.16 bits per heavy atom. The number of nitrogens with one attached hydrogen (secondary N) is 1. The second-order valence-corrected chi connectivity index (χ2v) is 7.74. The van der Waals surface area contributed by atoms with Gasteiger partial charge in [0.1, 0.15) is 11.5 Å². The van der Waals surface area contributed by atoms with Crippen LogP contribution in [0.3, 0.4) is 0 Å². The summed E-state index contributed by atoms with van der Waals surface area (Å²) in [5.74, 6) is -0.663. The van der Waals surface area contributed by atoms with Crippen LogP contribution in [0.2, 0.25) is 0 Å². The van der Waals surface area contributed by atoms with E-state index in [1.165, 1.54) is 16.3 Å². The van der Waals surface area contributed by atoms with Crippen molar-refractivity contribution in [1.82, 2.24) is 25.2 Å². The van der Waals surface area contributed by atoms with Gasteiger partial charge in [-0.2, -0.15) is 0 Å². The highest BCUT2D eigenvalue weighted by Gasteiger charge is 2.30. The lowest BCUT2D eigenvalue weighted by Gasteiger charge is -2.16. The molecule has 0 radical (unpaired) electrons. The van der Waals surface area contributed by atoms with Gasteiger partial charge in [0, 0.05) is 32.0 Å². The van der Waals surface area contributed by atoms with Crippen LogP contribution in [0, 0.1) is 18.7 Å². The molecule has 0 aliphatic carbocycles. The van der Waals surface area contributed by atoms with Gasteiger partial charge >= 0.3 is 0 Å². The quantitative estimate of drug-likeness (QED) is 0.636. The molecule has 4 rings (SSSR count). The van der Waals surface area contributed by atoms with Crippen molar-refractivity contribution in [3.63, 3.8) is 0 Å². The van der Waals surface area contributed by atoms with Crippen molar-refractivity contribution in [2.45, 2.75) is 19.8 Å². The summed E-state index contributed by atoms with van der Waals surface area (Å²) in [6, 6.07) is 16.2. The SMILES string of the molecule is Cc1c(C(=O)NCC2CC(=O)N(CCc3ccccc3)C2)nnn1-c1ccccc1F. The van der Waals surface area contributed by atoms with Gasteiger partial charge < -0.3 is 10.2 Å². The Kier molecular flexibility index (Phi) is 6.06. The third-order valence-electron chi connectivity index (χ3n) is 5.55. The van der Waals surface area contributed by atoms with Crippen molar-refractivity contribution >= 4 is 11.8 Å². The highest BCUT2D eigenvalue weighted by atomic mass is 19.1. The Morgan fingerprint density at radius 2 is 1.90 bits per heavy atom. The third-order valence-corrected chi connectivity index (χ3v) is 5.55. The van der Waals surface area contributed by atoms with Gasteiger partial charge in [0.2, 0.25) is 5.91 Å². The third kappa shape index (κ3) is 4.63. The maximum Gasteiger partial charge on any atom is 0.273 e. The van der Waals surface area contributed by atoms with E-state index in [2.05, 4.69) is 27.8 Å². The lowest BCUT2D eigenvalue weighted by Crippen LogP contribution is -2.32. The van der Waals surface area contributed by atoms with Crippen LogP contribution in [0.15, 0.2) is 54.6 Å². The smallest absolute Gasteiger partial charge is 0.273 e. The number of halogens is 1. The summed E-state index contributed by atoms with van der Waals surface area (Å²) in [6.45, 7) is 3.33. The van der Waals surface area contributed by atoms with Crippen LogP contribution in [0.5, 0.6) is 0 Å². The van der Waals surface area contributed by atoms with Gasteiger partial charge in [-0.25, -0.2) is 9.07 Å². The van der Waals surface area contributed by atoms with Crippen LogP contribution < -0.4 is 5.32 Å². The highest BCUT2D eigenvalue weighted by molar-refractivity contribution is 5.93. The van der Waals surface area contributed by atoms with Crippen molar-refractivity contribution in [2.75, 3.05) is 19.6 Å². The van der Waals surface area contributed by atoms with E-state index in [-0.39, 0.29) is 29.1 Å². The molecule has 1 atom stereocenters. The molecule has 1 aliphatic rings. The number of amides is 2. The maximum atomic E-state index is 14.0. The number of nitrogens with zero attached hydrogens (tertiary/aromatic N) is 4. The number of benzene rings is 2. The fourth-order valence-electron chi connectivity index (χ4n) is 3.83. The Bertz CT molecular complexity index is 1080. The minimum atomic E-state index is -0.442. The van der Waals surface area contributed by atoms with Crippen LogP contribution >= 0.6 is 0 Å². The first-order valence-electron chi connectivity index (χ1n) is 10.3. The molecule has 2 amide bonds. The molecule has 7 nitrogen and oxygen atoms in total. The minimum Gasteiger partial charge on any atom is -0.350 e. The molecule has 8 heteroatoms. The standard InChI is InChI=1S/C23H24FN5O2/c1-16-22(26-27-29(16)20-10-6-5-9-19(20)24)23(31)25-14-18-13-21(30)28(15-18)12-11-17-7-3-2-4-8-17/h2-10,18H,11-15H2,1H3,(H,25,31). The molecule has 1 N–H and O–H groups in total. The first-order chi connectivity index (χ1) is 15.0. The van der Waals surface area contributed by atoms with Crippen molar-refractivity contribution < 1.29 is 14.0 Å². The van der Waals surface area contributed by atoms with Gasteiger partial charge in [-0.3, -0.25) is 9.59 Å². The zero-order chi connectivity index (χ0) is 21.8. The fourth-order valence-corrected chi connectivity index (χ4v) is 3.83. The molecule has 1 aromatic heterocycles. The molecule has 1 unspecified atom stereocenters. The molecule has 1 saturated heterocycles. The van der Waals surface area contributed by atoms with E-state index < -0.39 is 5.82 Å². The van der Waals surface area contributed by atoms with Crippen LogP contribution in [0.25, 0.3) is 5.69 Å². The number of rotatable bonds is 7. The topological polar surface area (TPSA) is 80.1 Å². The van der Waals surface area contributed by atoms with Crippen LogP contribution in [-0.2, 0) is 11.2 Å². The molecule has 1 aliphatic heterocycles. The van der Waals surface area contributed by atoms with E-state index in [9.17, 15) is 14.0 Å². The Labute approximate surface area is 179 Å². The molecular formula is C23H24FN5O2. The molecule has 2 heterocycles. The second-order valence-electron chi connectivity index (χ2n) is 7.74. The highest BCUT2D eigenvalue weighted by Crippen LogP contribution is 2.19. The van der Waals surface area contributed by atoms with Crippen LogP contribution in [0.1, 0.15) is 28.2 Å². The van der Waals surface area contributed by atoms with Crippen LogP contribution in [0.4, 0.5) is 4.39 Å². The van der Waals surface area contributed by atoms with Crippen molar-refractivity contribution in [3.05, 3.63) is 77.4 Å². The Balaban J connectivity index is 1.32. The van der Waals surface area contributed by atoms with Crippen LogP contribution in [-0.4, -0.2) is 51.3 Å². The molecule has 160 valence electrons. The lowest BCUT2D eigenvalue weighted by molar-refractivity contribution is -0.127. The molecule has 1 fully saturated rings. The van der Waals surface area contributed by atoms with E-state index >= 15 is 0 Å².